The van der Waals surface area contributed by atoms with Crippen LogP contribution in [0.2, 0.25) is 0 Å². The van der Waals surface area contributed by atoms with Gasteiger partial charge >= 0.3 is 0 Å². The minimum absolute atomic E-state index is 0.0478. The number of amides is 1. The minimum Gasteiger partial charge on any atom is -0.355 e. The van der Waals surface area contributed by atoms with Crippen molar-refractivity contribution in [2.24, 2.45) is 17.3 Å². The number of rotatable bonds is 2. The van der Waals surface area contributed by atoms with E-state index in [4.69, 9.17) is 11.4 Å². The summed E-state index contributed by atoms with van der Waals surface area (Å²) < 4.78 is 15.2. The Labute approximate surface area is 204 Å². The third kappa shape index (κ3) is 3.39. The first kappa shape index (κ1) is 22.3. The molecule has 1 aliphatic carbocycles. The van der Waals surface area contributed by atoms with E-state index in [0.717, 1.165) is 36.8 Å². The number of terminal acetylenes is 1. The predicted octanol–water partition coefficient (Wildman–Crippen LogP) is 2.52. The highest BCUT2D eigenvalue weighted by Crippen LogP contribution is 2.49. The van der Waals surface area contributed by atoms with Crippen molar-refractivity contribution in [3.05, 3.63) is 35.1 Å². The van der Waals surface area contributed by atoms with Gasteiger partial charge in [0.05, 0.1) is 5.56 Å². The highest BCUT2D eigenvalue weighted by Gasteiger charge is 2.50. The van der Waals surface area contributed by atoms with E-state index in [1.165, 1.54) is 6.07 Å². The lowest BCUT2D eigenvalue weighted by molar-refractivity contribution is -0.135. The summed E-state index contributed by atoms with van der Waals surface area (Å²) in [5, 5.41) is 11.2. The summed E-state index contributed by atoms with van der Waals surface area (Å²) in [6, 6.07) is 7.91. The molecule has 1 amide bonds. The molecule has 0 radical (unpaired) electrons. The molecule has 4 aliphatic rings. The average molecular weight is 473 g/mol. The summed E-state index contributed by atoms with van der Waals surface area (Å²) in [6.45, 7) is 5.70. The van der Waals surface area contributed by atoms with Crippen LogP contribution in [0.15, 0.2) is 18.2 Å². The molecule has 180 valence electrons. The second-order valence-corrected chi connectivity index (χ2v) is 10.8. The number of para-hydroxylation sites is 1. The molecule has 4 heterocycles. The lowest BCUT2D eigenvalue weighted by atomic mass is 9.66. The largest absolute Gasteiger partial charge is 0.355 e. The van der Waals surface area contributed by atoms with Crippen LogP contribution in [0.3, 0.4) is 0 Å². The van der Waals surface area contributed by atoms with Crippen LogP contribution in [0, 0.1) is 46.7 Å². The second-order valence-electron chi connectivity index (χ2n) is 10.8. The highest BCUT2D eigenvalue weighted by atomic mass is 19.1. The van der Waals surface area contributed by atoms with Gasteiger partial charge in [0, 0.05) is 49.6 Å². The van der Waals surface area contributed by atoms with Gasteiger partial charge < -0.3 is 9.80 Å². The Balaban J connectivity index is 1.45. The zero-order valence-corrected chi connectivity index (χ0v) is 19.9. The molecule has 4 atom stereocenters. The molecule has 0 bridgehead atoms. The van der Waals surface area contributed by atoms with E-state index in [1.54, 1.807) is 11.0 Å². The Morgan fingerprint density at radius 2 is 2.14 bits per heavy atom. The van der Waals surface area contributed by atoms with Crippen LogP contribution < -0.4 is 15.8 Å². The van der Waals surface area contributed by atoms with E-state index in [9.17, 15) is 10.1 Å². The van der Waals surface area contributed by atoms with E-state index in [0.29, 0.717) is 61.0 Å². The number of pyridine rings is 1. The third-order valence-corrected chi connectivity index (χ3v) is 8.78. The first-order valence-corrected chi connectivity index (χ1v) is 12.5. The molecule has 2 aromatic rings. The van der Waals surface area contributed by atoms with Gasteiger partial charge in [0.2, 0.25) is 0 Å². The molecule has 3 saturated heterocycles. The summed E-state index contributed by atoms with van der Waals surface area (Å²) in [4.78, 5) is 20.5. The highest BCUT2D eigenvalue weighted by molar-refractivity contribution is 5.93. The van der Waals surface area contributed by atoms with Crippen molar-refractivity contribution >= 4 is 22.6 Å². The molecular formula is C27H29FN6O. The normalized spacial score (nSPS) is 29.0. The first-order valence-electron chi connectivity index (χ1n) is 12.5. The predicted molar refractivity (Wildman–Crippen MR) is 131 cm³/mol. The fourth-order valence-corrected chi connectivity index (χ4v) is 7.08. The van der Waals surface area contributed by atoms with Gasteiger partial charge in [-0.3, -0.25) is 15.6 Å². The van der Waals surface area contributed by atoms with Crippen molar-refractivity contribution < 1.29 is 9.18 Å². The first-order chi connectivity index (χ1) is 16.9. The molecule has 1 aromatic carbocycles. The SMILES string of the molecule is C#CC(=O)N1CC2(CCN(c3nc4c(F)cccc4c(C4C(C)CCC5NNCC54)c3C#N)C2)C1. The smallest absolute Gasteiger partial charge is 0.298 e. The van der Waals surface area contributed by atoms with E-state index in [2.05, 4.69) is 34.7 Å². The molecule has 1 spiro atoms. The number of nitriles is 1. The van der Waals surface area contributed by atoms with Crippen LogP contribution in [0.1, 0.15) is 43.2 Å². The maximum atomic E-state index is 15.2. The van der Waals surface area contributed by atoms with E-state index in [-0.39, 0.29) is 23.1 Å². The number of benzene rings is 1. The number of aromatic nitrogens is 1. The van der Waals surface area contributed by atoms with Crippen molar-refractivity contribution in [2.45, 2.75) is 38.1 Å². The minimum atomic E-state index is -0.361. The number of likely N-dealkylation sites (tertiary alicyclic amines) is 1. The molecule has 4 unspecified atom stereocenters. The molecule has 8 heteroatoms. The molecule has 1 aromatic heterocycles. The standard InChI is InChI=1S/C27H29FN6O/c1-3-22(35)34-14-27(15-34)9-10-33(13-27)26-18(11-29)24(17-5-4-6-20(28)25(17)31-26)23-16(2)7-8-21-19(23)12-30-32-21/h1,4-6,16,19,21,23,30,32H,7-10,12-15H2,2H3. The maximum absolute atomic E-state index is 15.2. The van der Waals surface area contributed by atoms with Gasteiger partial charge in [-0.25, -0.2) is 9.37 Å². The molecule has 2 N–H and O–H groups in total. The lowest BCUT2D eigenvalue weighted by Crippen LogP contribution is -2.59. The molecule has 35 heavy (non-hydrogen) atoms. The van der Waals surface area contributed by atoms with Gasteiger partial charge in [-0.2, -0.15) is 5.26 Å². The molecule has 7 nitrogen and oxygen atoms in total. The second kappa shape index (κ2) is 8.19. The maximum Gasteiger partial charge on any atom is 0.298 e. The topological polar surface area (TPSA) is 84.3 Å². The van der Waals surface area contributed by atoms with Crippen LogP contribution in [0.4, 0.5) is 10.2 Å². The Kier molecular flexibility index (Phi) is 5.21. The summed E-state index contributed by atoms with van der Waals surface area (Å²) in [6.07, 6.45) is 8.31. The lowest BCUT2D eigenvalue weighted by Gasteiger charge is -2.47. The van der Waals surface area contributed by atoms with E-state index < -0.39 is 0 Å². The number of nitrogens with zero attached hydrogens (tertiary/aromatic N) is 4. The number of carbonyl (C=O) groups excluding carboxylic acids is 1. The van der Waals surface area contributed by atoms with Gasteiger partial charge in [0.25, 0.3) is 5.91 Å². The molecule has 1 saturated carbocycles. The quantitative estimate of drug-likeness (QED) is 0.654. The van der Waals surface area contributed by atoms with E-state index >= 15 is 4.39 Å². The van der Waals surface area contributed by atoms with Crippen LogP contribution in [0.25, 0.3) is 10.9 Å². The number of anilines is 1. The van der Waals surface area contributed by atoms with E-state index in [1.807, 2.05) is 6.07 Å². The van der Waals surface area contributed by atoms with Crippen LogP contribution >= 0.6 is 0 Å². The zero-order chi connectivity index (χ0) is 24.3. The molecule has 6 rings (SSSR count). The summed E-state index contributed by atoms with van der Waals surface area (Å²) in [5.41, 5.74) is 8.53. The monoisotopic (exact) mass is 472 g/mol. The number of halogens is 1. The average Bonchev–Trinajstić information content (AvgIpc) is 3.50. The van der Waals surface area contributed by atoms with Gasteiger partial charge in [-0.05, 0) is 54.6 Å². The Morgan fingerprint density at radius 1 is 1.31 bits per heavy atom. The van der Waals surface area contributed by atoms with Gasteiger partial charge in [0.15, 0.2) is 0 Å². The van der Waals surface area contributed by atoms with Crippen LogP contribution in [-0.4, -0.2) is 54.6 Å². The van der Waals surface area contributed by atoms with Crippen LogP contribution in [-0.2, 0) is 4.79 Å². The summed E-state index contributed by atoms with van der Waals surface area (Å²) >= 11 is 0. The third-order valence-electron chi connectivity index (χ3n) is 8.78. The molecule has 4 fully saturated rings. The Hall–Kier alpha value is -3.20. The Bertz CT molecular complexity index is 1290. The fraction of sp³-hybridized carbons (Fsp3) is 0.519. The van der Waals surface area contributed by atoms with Crippen molar-refractivity contribution in [3.8, 4) is 18.4 Å². The van der Waals surface area contributed by atoms with Gasteiger partial charge in [-0.1, -0.05) is 19.1 Å². The number of hydrogen-bond donors (Lipinski definition) is 2. The van der Waals surface area contributed by atoms with Crippen molar-refractivity contribution in [1.82, 2.24) is 20.7 Å². The van der Waals surface area contributed by atoms with Gasteiger partial charge in [-0.15, -0.1) is 6.42 Å². The summed E-state index contributed by atoms with van der Waals surface area (Å²) in [5.74, 6) is 2.95. The summed E-state index contributed by atoms with van der Waals surface area (Å²) in [7, 11) is 0. The molecule has 3 aliphatic heterocycles. The fourth-order valence-electron chi connectivity index (χ4n) is 7.08. The van der Waals surface area contributed by atoms with Crippen LogP contribution in [0.5, 0.6) is 0 Å². The number of fused-ring (bicyclic) bond motifs is 2. The molecular weight excluding hydrogens is 443 g/mol. The van der Waals surface area contributed by atoms with Gasteiger partial charge in [0.1, 0.15) is 23.2 Å². The van der Waals surface area contributed by atoms with Crippen molar-refractivity contribution in [2.75, 3.05) is 37.6 Å². The van der Waals surface area contributed by atoms with Crippen molar-refractivity contribution in [3.63, 3.8) is 0 Å². The number of hydrazine groups is 1. The van der Waals surface area contributed by atoms with Crippen molar-refractivity contribution in [1.29, 1.82) is 5.26 Å². The Morgan fingerprint density at radius 3 is 2.91 bits per heavy atom. The number of hydrogen-bond acceptors (Lipinski definition) is 6. The zero-order valence-electron chi connectivity index (χ0n) is 19.9. The number of carbonyl (C=O) groups is 1. The number of nitrogens with one attached hydrogen (secondary N) is 2.